The van der Waals surface area contributed by atoms with Gasteiger partial charge in [-0.25, -0.2) is 13.1 Å². The molecule has 0 aromatic carbocycles. The van der Waals surface area contributed by atoms with Crippen molar-refractivity contribution in [1.82, 2.24) is 4.72 Å². The van der Waals surface area contributed by atoms with E-state index >= 15 is 0 Å². The zero-order valence-electron chi connectivity index (χ0n) is 18.2. The highest BCUT2D eigenvalue weighted by Crippen LogP contribution is 2.66. The lowest BCUT2D eigenvalue weighted by Gasteiger charge is -2.37. The van der Waals surface area contributed by atoms with Gasteiger partial charge in [-0.3, -0.25) is 9.36 Å². The van der Waals surface area contributed by atoms with Crippen LogP contribution in [-0.2, 0) is 28.4 Å². The Hall–Kier alpha value is -0.830. The van der Waals surface area contributed by atoms with E-state index in [1.54, 1.807) is 0 Å². The minimum Gasteiger partial charge on any atom is -0.304 e. The standard InChI is InChI=1S/C19H32F2NO6PS/c1-6-27-29(24,28-7-2)19(20,21)14(3)12-16(23)22-30(25,26)13-18-10-8-15(9-11-18)17(18,4)5/h12,15H,6-11,13H2,1-5H3,(H,22,23)/b14-12+. The number of amides is 1. The lowest BCUT2D eigenvalue weighted by atomic mass is 9.71. The summed E-state index contributed by atoms with van der Waals surface area (Å²) in [4.78, 5) is 12.2. The number of fused-ring (bicyclic) bond motifs is 2. The van der Waals surface area contributed by atoms with Gasteiger partial charge in [0.25, 0.3) is 5.91 Å². The summed E-state index contributed by atoms with van der Waals surface area (Å²) in [6.45, 7) is 7.21. The number of allylic oxidation sites excluding steroid dienone is 1. The Bertz CT molecular complexity index is 837. The average molecular weight is 472 g/mol. The molecule has 0 heterocycles. The van der Waals surface area contributed by atoms with E-state index in [9.17, 15) is 26.6 Å². The van der Waals surface area contributed by atoms with Crippen molar-refractivity contribution in [3.05, 3.63) is 11.6 Å². The third-order valence-electron chi connectivity index (χ3n) is 6.82. The number of rotatable bonds is 10. The lowest BCUT2D eigenvalue weighted by molar-refractivity contribution is -0.115. The van der Waals surface area contributed by atoms with Crippen LogP contribution in [-0.4, -0.2) is 39.0 Å². The maximum Gasteiger partial charge on any atom is 0.404 e. The molecule has 1 N–H and O–H groups in total. The van der Waals surface area contributed by atoms with E-state index in [1.165, 1.54) is 13.8 Å². The van der Waals surface area contributed by atoms with Gasteiger partial charge in [0.2, 0.25) is 10.0 Å². The number of sulfonamides is 1. The van der Waals surface area contributed by atoms with Crippen molar-refractivity contribution in [3.63, 3.8) is 0 Å². The SMILES string of the molecule is CCOP(=O)(OCC)C(F)(F)/C(C)=C/C(=O)NS(=O)(=O)CC12CCC(CC1)C2(C)C. The van der Waals surface area contributed by atoms with Crippen molar-refractivity contribution >= 4 is 23.5 Å². The minimum atomic E-state index is -4.87. The van der Waals surface area contributed by atoms with Crippen LogP contribution >= 0.6 is 7.60 Å². The van der Waals surface area contributed by atoms with E-state index in [0.717, 1.165) is 32.6 Å². The molecule has 2 bridgehead atoms. The van der Waals surface area contributed by atoms with E-state index < -0.39 is 40.2 Å². The van der Waals surface area contributed by atoms with Crippen LogP contribution in [0, 0.1) is 16.7 Å². The number of alkyl halides is 2. The van der Waals surface area contributed by atoms with Gasteiger partial charge in [0.05, 0.1) is 19.0 Å². The van der Waals surface area contributed by atoms with E-state index in [1.807, 2.05) is 4.72 Å². The molecule has 2 fully saturated rings. The largest absolute Gasteiger partial charge is 0.404 e. The van der Waals surface area contributed by atoms with Gasteiger partial charge in [-0.05, 0) is 63.2 Å². The predicted molar refractivity (Wildman–Crippen MR) is 110 cm³/mol. The van der Waals surface area contributed by atoms with Crippen LogP contribution in [0.4, 0.5) is 8.78 Å². The second-order valence-corrected chi connectivity index (χ2v) is 12.5. The van der Waals surface area contributed by atoms with E-state index in [2.05, 4.69) is 22.9 Å². The van der Waals surface area contributed by atoms with Crippen molar-refractivity contribution in [2.45, 2.75) is 66.0 Å². The molecular weight excluding hydrogens is 439 g/mol. The lowest BCUT2D eigenvalue weighted by Crippen LogP contribution is -2.42. The summed E-state index contributed by atoms with van der Waals surface area (Å²) >= 11 is 0. The first-order valence-electron chi connectivity index (χ1n) is 10.2. The fourth-order valence-corrected chi connectivity index (χ4v) is 8.32. The van der Waals surface area contributed by atoms with Crippen molar-refractivity contribution in [2.75, 3.05) is 19.0 Å². The van der Waals surface area contributed by atoms with Gasteiger partial charge in [-0.15, -0.1) is 0 Å². The summed E-state index contributed by atoms with van der Waals surface area (Å²) in [5.41, 5.74) is -5.57. The molecule has 2 aliphatic carbocycles. The highest BCUT2D eigenvalue weighted by atomic mass is 32.2. The van der Waals surface area contributed by atoms with Gasteiger partial charge >= 0.3 is 13.3 Å². The molecule has 0 saturated heterocycles. The van der Waals surface area contributed by atoms with E-state index in [0.29, 0.717) is 12.0 Å². The third-order valence-corrected chi connectivity index (χ3v) is 10.5. The summed E-state index contributed by atoms with van der Waals surface area (Å²) in [7, 11) is -8.92. The molecule has 0 spiro atoms. The molecule has 2 saturated carbocycles. The van der Waals surface area contributed by atoms with Crippen LogP contribution in [0.1, 0.15) is 60.3 Å². The molecule has 174 valence electrons. The molecule has 0 unspecified atom stereocenters. The van der Waals surface area contributed by atoms with Gasteiger partial charge < -0.3 is 9.05 Å². The molecule has 11 heteroatoms. The molecule has 0 aliphatic heterocycles. The average Bonchev–Trinajstić information content (AvgIpc) is 2.97. The highest BCUT2D eigenvalue weighted by molar-refractivity contribution is 7.90. The van der Waals surface area contributed by atoms with Crippen LogP contribution in [0.15, 0.2) is 11.6 Å². The predicted octanol–water partition coefficient (Wildman–Crippen LogP) is 4.45. The van der Waals surface area contributed by atoms with Crippen molar-refractivity contribution in [2.24, 2.45) is 16.7 Å². The summed E-state index contributed by atoms with van der Waals surface area (Å²) < 4.78 is 78.3. The Balaban J connectivity index is 2.16. The number of carbonyl (C=O) groups excluding carboxylic acids is 1. The molecule has 1 amide bonds. The zero-order chi connectivity index (χ0) is 23.0. The Labute approximate surface area is 177 Å². The summed E-state index contributed by atoms with van der Waals surface area (Å²) in [5.74, 6) is -0.987. The molecule has 0 aromatic heterocycles. The summed E-state index contributed by atoms with van der Waals surface area (Å²) in [6.07, 6.45) is 3.87. The van der Waals surface area contributed by atoms with E-state index in [4.69, 9.17) is 0 Å². The second kappa shape index (κ2) is 8.60. The Kier molecular flexibility index (Phi) is 7.29. The molecule has 0 atom stereocenters. The first-order chi connectivity index (χ1) is 13.7. The number of hydrogen-bond acceptors (Lipinski definition) is 6. The fourth-order valence-electron chi connectivity index (χ4n) is 4.92. The van der Waals surface area contributed by atoms with Crippen molar-refractivity contribution in [1.29, 1.82) is 0 Å². The highest BCUT2D eigenvalue weighted by Gasteiger charge is 2.60. The van der Waals surface area contributed by atoms with Gasteiger partial charge in [0.15, 0.2) is 0 Å². The molecular formula is C19H32F2NO6PS. The molecule has 7 nitrogen and oxygen atoms in total. The molecule has 30 heavy (non-hydrogen) atoms. The number of carbonyl (C=O) groups is 1. The number of nitrogens with one attached hydrogen (secondary N) is 1. The Morgan fingerprint density at radius 2 is 1.70 bits per heavy atom. The van der Waals surface area contributed by atoms with E-state index in [-0.39, 0.29) is 24.4 Å². The third kappa shape index (κ3) is 4.52. The molecule has 0 aromatic rings. The van der Waals surface area contributed by atoms with Crippen LogP contribution in [0.5, 0.6) is 0 Å². The smallest absolute Gasteiger partial charge is 0.304 e. The first-order valence-corrected chi connectivity index (χ1v) is 13.4. The van der Waals surface area contributed by atoms with Gasteiger partial charge in [-0.1, -0.05) is 13.8 Å². The van der Waals surface area contributed by atoms with Crippen LogP contribution in [0.3, 0.4) is 0 Å². The Morgan fingerprint density at radius 3 is 2.10 bits per heavy atom. The van der Waals surface area contributed by atoms with Crippen molar-refractivity contribution < 1.29 is 35.6 Å². The summed E-state index contributed by atoms with van der Waals surface area (Å²) in [6, 6.07) is 0. The first kappa shape index (κ1) is 25.4. The molecule has 0 radical (unpaired) electrons. The number of halogens is 2. The summed E-state index contributed by atoms with van der Waals surface area (Å²) in [5, 5.41) is 0. The van der Waals surface area contributed by atoms with Crippen LogP contribution in [0.25, 0.3) is 0 Å². The molecule has 2 rings (SSSR count). The number of hydrogen-bond donors (Lipinski definition) is 1. The zero-order valence-corrected chi connectivity index (χ0v) is 19.9. The second-order valence-electron chi connectivity index (χ2n) is 8.70. The fraction of sp³-hybridized carbons (Fsp3) is 0.842. The topological polar surface area (TPSA) is 98.8 Å². The minimum absolute atomic E-state index is 0.161. The maximum atomic E-state index is 14.7. The van der Waals surface area contributed by atoms with Gasteiger partial charge in [0, 0.05) is 11.6 Å². The van der Waals surface area contributed by atoms with Crippen LogP contribution in [0.2, 0.25) is 0 Å². The van der Waals surface area contributed by atoms with Gasteiger partial charge in [0.1, 0.15) is 0 Å². The monoisotopic (exact) mass is 471 g/mol. The van der Waals surface area contributed by atoms with Crippen molar-refractivity contribution in [3.8, 4) is 0 Å². The maximum absolute atomic E-state index is 14.7. The molecule has 2 aliphatic rings. The van der Waals surface area contributed by atoms with Crippen LogP contribution < -0.4 is 4.72 Å². The quantitative estimate of drug-likeness (QED) is 0.373. The Morgan fingerprint density at radius 1 is 1.20 bits per heavy atom. The van der Waals surface area contributed by atoms with Gasteiger partial charge in [-0.2, -0.15) is 8.78 Å². The normalized spacial score (nSPS) is 26.8.